The third kappa shape index (κ3) is 4.51. The van der Waals surface area contributed by atoms with Crippen LogP contribution in [0.15, 0.2) is 35.1 Å². The number of rotatable bonds is 8. The minimum absolute atomic E-state index is 0.0561. The van der Waals surface area contributed by atoms with Crippen molar-refractivity contribution in [2.45, 2.75) is 6.92 Å². The molecule has 25 heavy (non-hydrogen) atoms. The Hall–Kier alpha value is -2.54. The Morgan fingerprint density at radius 2 is 2.36 bits per heavy atom. The monoisotopic (exact) mass is 346 g/mol. The zero-order valence-corrected chi connectivity index (χ0v) is 15.1. The average Bonchev–Trinajstić information content (AvgIpc) is 2.62. The zero-order chi connectivity index (χ0) is 18.2. The minimum Gasteiger partial charge on any atom is -0.490 e. The molecule has 0 unspecified atom stereocenters. The molecule has 0 atom stereocenters. The van der Waals surface area contributed by atoms with Crippen molar-refractivity contribution in [3.8, 4) is 5.75 Å². The van der Waals surface area contributed by atoms with Gasteiger partial charge in [0.1, 0.15) is 19.0 Å². The summed E-state index contributed by atoms with van der Waals surface area (Å²) in [5, 5.41) is 2.98. The van der Waals surface area contributed by atoms with Gasteiger partial charge in [-0.15, -0.1) is 0 Å². The molecule has 0 bridgehead atoms. The summed E-state index contributed by atoms with van der Waals surface area (Å²) in [6.07, 6.45) is 1.83. The molecule has 7 nitrogen and oxygen atoms in total. The van der Waals surface area contributed by atoms with Crippen LogP contribution in [-0.4, -0.2) is 59.6 Å². The largest absolute Gasteiger partial charge is 0.490 e. The van der Waals surface area contributed by atoms with Crippen molar-refractivity contribution < 1.29 is 14.3 Å². The number of amides is 1. The second-order valence-corrected chi connectivity index (χ2v) is 5.58. The molecule has 0 aliphatic carbocycles. The maximum atomic E-state index is 12.2. The summed E-state index contributed by atoms with van der Waals surface area (Å²) in [5.74, 6) is 0.731. The van der Waals surface area contributed by atoms with Gasteiger partial charge in [-0.2, -0.15) is 0 Å². The smallest absolute Gasteiger partial charge is 0.252 e. The number of aliphatic imine (C=N–C) groups is 1. The molecule has 1 aromatic rings. The molecule has 1 N–H and O–H groups in total. The van der Waals surface area contributed by atoms with E-state index < -0.39 is 0 Å². The number of hydrogen-bond donors (Lipinski definition) is 1. The van der Waals surface area contributed by atoms with Crippen molar-refractivity contribution in [2.24, 2.45) is 4.99 Å². The predicted octanol–water partition coefficient (Wildman–Crippen LogP) is 1.65. The standard InChI is InChI=1S/C18H26N4O3/c1-5-22(18(23)13-24-4)15-6-7-17-16(10-15)21(8-9-25-17)12-14(20-3)11-19-2/h6-7,10-11,19H,3,5,8-9,12-13H2,1-2,4H3/b14-11-. The molecule has 0 spiro atoms. The van der Waals surface area contributed by atoms with Crippen LogP contribution in [0.1, 0.15) is 6.92 Å². The molecule has 2 rings (SSSR count). The van der Waals surface area contributed by atoms with Gasteiger partial charge in [0, 0.05) is 32.6 Å². The molecular formula is C18H26N4O3. The topological polar surface area (TPSA) is 66.4 Å². The third-order valence-electron chi connectivity index (χ3n) is 3.97. The lowest BCUT2D eigenvalue weighted by Gasteiger charge is -2.32. The molecule has 1 aromatic carbocycles. The predicted molar refractivity (Wildman–Crippen MR) is 101 cm³/mol. The summed E-state index contributed by atoms with van der Waals surface area (Å²) in [6, 6.07) is 5.78. The van der Waals surface area contributed by atoms with Crippen LogP contribution in [-0.2, 0) is 9.53 Å². The van der Waals surface area contributed by atoms with Crippen LogP contribution in [0.4, 0.5) is 11.4 Å². The van der Waals surface area contributed by atoms with Crippen LogP contribution in [0.5, 0.6) is 5.75 Å². The molecule has 0 fully saturated rings. The Kier molecular flexibility index (Phi) is 6.82. The number of likely N-dealkylation sites (N-methyl/N-ethyl adjacent to an activating group) is 1. The molecule has 136 valence electrons. The molecule has 7 heteroatoms. The maximum Gasteiger partial charge on any atom is 0.252 e. The van der Waals surface area contributed by atoms with Crippen LogP contribution in [0.2, 0.25) is 0 Å². The van der Waals surface area contributed by atoms with E-state index in [1.807, 2.05) is 38.4 Å². The Morgan fingerprint density at radius 1 is 1.56 bits per heavy atom. The van der Waals surface area contributed by atoms with Gasteiger partial charge in [-0.05, 0) is 31.8 Å². The Balaban J connectivity index is 2.31. The number of carbonyl (C=O) groups excluding carboxylic acids is 1. The number of benzene rings is 1. The fourth-order valence-corrected chi connectivity index (χ4v) is 2.80. The molecule has 1 heterocycles. The van der Waals surface area contributed by atoms with Gasteiger partial charge in [0.15, 0.2) is 0 Å². The first-order valence-corrected chi connectivity index (χ1v) is 8.28. The number of carbonyl (C=O) groups is 1. The van der Waals surface area contributed by atoms with Gasteiger partial charge in [-0.25, -0.2) is 0 Å². The highest BCUT2D eigenvalue weighted by atomic mass is 16.5. The van der Waals surface area contributed by atoms with Gasteiger partial charge in [0.05, 0.1) is 24.5 Å². The second kappa shape index (κ2) is 9.08. The van der Waals surface area contributed by atoms with E-state index in [-0.39, 0.29) is 12.5 Å². The van der Waals surface area contributed by atoms with Gasteiger partial charge in [0.2, 0.25) is 0 Å². The van der Waals surface area contributed by atoms with Gasteiger partial charge >= 0.3 is 0 Å². The molecule has 1 aliphatic heterocycles. The first kappa shape index (κ1) is 18.8. The first-order chi connectivity index (χ1) is 12.1. The number of nitrogens with one attached hydrogen (secondary N) is 1. The van der Waals surface area contributed by atoms with Crippen LogP contribution < -0.4 is 19.9 Å². The SMILES string of the molecule is C=N/C(=C\NC)CN1CCOc2ccc(N(CC)C(=O)COC)cc21. The summed E-state index contributed by atoms with van der Waals surface area (Å²) >= 11 is 0. The average molecular weight is 346 g/mol. The van der Waals surface area contributed by atoms with Gasteiger partial charge < -0.3 is 24.6 Å². The Morgan fingerprint density at radius 3 is 3.00 bits per heavy atom. The quantitative estimate of drug-likeness (QED) is 0.725. The number of ether oxygens (including phenoxy) is 2. The molecule has 0 aromatic heterocycles. The lowest BCUT2D eigenvalue weighted by Crippen LogP contribution is -2.36. The number of nitrogens with zero attached hydrogens (tertiary/aromatic N) is 3. The lowest BCUT2D eigenvalue weighted by atomic mass is 10.2. The Bertz CT molecular complexity index is 645. The Labute approximate surface area is 148 Å². The number of hydrogen-bond acceptors (Lipinski definition) is 6. The molecule has 0 saturated carbocycles. The van der Waals surface area contributed by atoms with Crippen LogP contribution >= 0.6 is 0 Å². The minimum atomic E-state index is -0.0725. The summed E-state index contributed by atoms with van der Waals surface area (Å²) in [7, 11) is 3.35. The summed E-state index contributed by atoms with van der Waals surface area (Å²) < 4.78 is 10.7. The third-order valence-corrected chi connectivity index (χ3v) is 3.97. The molecule has 0 radical (unpaired) electrons. The summed E-state index contributed by atoms with van der Waals surface area (Å²) in [5.41, 5.74) is 2.60. The number of anilines is 2. The van der Waals surface area contributed by atoms with E-state index >= 15 is 0 Å². The maximum absolute atomic E-state index is 12.2. The molecular weight excluding hydrogens is 320 g/mol. The van der Waals surface area contributed by atoms with Crippen LogP contribution in [0.25, 0.3) is 0 Å². The van der Waals surface area contributed by atoms with E-state index in [2.05, 4.69) is 21.9 Å². The summed E-state index contributed by atoms with van der Waals surface area (Å²) in [4.78, 5) is 20.2. The first-order valence-electron chi connectivity index (χ1n) is 8.28. The van der Waals surface area contributed by atoms with Crippen LogP contribution in [0.3, 0.4) is 0 Å². The van der Waals surface area contributed by atoms with Crippen LogP contribution in [0, 0.1) is 0 Å². The molecule has 1 aliphatic rings. The van der Waals surface area contributed by atoms with Gasteiger partial charge in [-0.1, -0.05) is 0 Å². The fraction of sp³-hybridized carbons (Fsp3) is 0.444. The van der Waals surface area contributed by atoms with Crippen molar-refractivity contribution in [3.05, 3.63) is 30.1 Å². The van der Waals surface area contributed by atoms with E-state index in [1.54, 1.807) is 4.90 Å². The molecule has 0 saturated heterocycles. The molecule has 1 amide bonds. The highest BCUT2D eigenvalue weighted by molar-refractivity contribution is 5.95. The van der Waals surface area contributed by atoms with Crippen molar-refractivity contribution in [1.29, 1.82) is 0 Å². The number of methoxy groups -OCH3 is 1. The van der Waals surface area contributed by atoms with Crippen molar-refractivity contribution in [2.75, 3.05) is 56.8 Å². The van der Waals surface area contributed by atoms with Crippen molar-refractivity contribution in [1.82, 2.24) is 5.32 Å². The fourth-order valence-electron chi connectivity index (χ4n) is 2.80. The second-order valence-electron chi connectivity index (χ2n) is 5.58. The number of fused-ring (bicyclic) bond motifs is 1. The zero-order valence-electron chi connectivity index (χ0n) is 15.1. The van der Waals surface area contributed by atoms with E-state index in [4.69, 9.17) is 9.47 Å². The van der Waals surface area contributed by atoms with E-state index in [0.717, 1.165) is 29.4 Å². The lowest BCUT2D eigenvalue weighted by molar-refractivity contribution is -0.122. The highest BCUT2D eigenvalue weighted by Gasteiger charge is 2.22. The van der Waals surface area contributed by atoms with E-state index in [0.29, 0.717) is 19.7 Å². The van der Waals surface area contributed by atoms with Gasteiger partial charge in [0.25, 0.3) is 5.91 Å². The van der Waals surface area contributed by atoms with E-state index in [9.17, 15) is 4.79 Å². The normalized spacial score (nSPS) is 13.7. The van der Waals surface area contributed by atoms with Crippen molar-refractivity contribution in [3.63, 3.8) is 0 Å². The van der Waals surface area contributed by atoms with Crippen molar-refractivity contribution >= 4 is 24.0 Å². The van der Waals surface area contributed by atoms with Gasteiger partial charge in [-0.3, -0.25) is 9.79 Å². The summed E-state index contributed by atoms with van der Waals surface area (Å²) in [6.45, 7) is 8.15. The highest BCUT2D eigenvalue weighted by Crippen LogP contribution is 2.35. The van der Waals surface area contributed by atoms with E-state index in [1.165, 1.54) is 7.11 Å².